The normalized spacial score (nSPS) is 29.6. The van der Waals surface area contributed by atoms with Gasteiger partial charge in [0.15, 0.2) is 0 Å². The summed E-state index contributed by atoms with van der Waals surface area (Å²) < 4.78 is 0. The van der Waals surface area contributed by atoms with Gasteiger partial charge >= 0.3 is 0 Å². The van der Waals surface area contributed by atoms with Gasteiger partial charge < -0.3 is 4.90 Å². The molecule has 1 amide bonds. The highest BCUT2D eigenvalue weighted by Gasteiger charge is 2.43. The number of hydrogen-bond donors (Lipinski definition) is 1. The van der Waals surface area contributed by atoms with Crippen molar-refractivity contribution < 1.29 is 4.79 Å². The molecular weight excluding hydrogens is 248 g/mol. The van der Waals surface area contributed by atoms with Crippen LogP contribution in [0.1, 0.15) is 66.2 Å². The van der Waals surface area contributed by atoms with Gasteiger partial charge in [-0.1, -0.05) is 47.0 Å². The molecule has 2 fully saturated rings. The van der Waals surface area contributed by atoms with Gasteiger partial charge in [0.2, 0.25) is 5.91 Å². The molecule has 0 spiro atoms. The van der Waals surface area contributed by atoms with Gasteiger partial charge in [-0.3, -0.25) is 10.1 Å². The standard InChI is InChI=1S/C17H32N2O/c1-5-13(4)11-19-16(14-8-6-7-9-14)18-15(17(19)20)10-12(2)3/h12-16,18H,5-11H2,1-4H3. The molecule has 1 saturated heterocycles. The summed E-state index contributed by atoms with van der Waals surface area (Å²) in [5.41, 5.74) is 0. The Balaban J connectivity index is 2.07. The van der Waals surface area contributed by atoms with Gasteiger partial charge in [-0.25, -0.2) is 0 Å². The van der Waals surface area contributed by atoms with Crippen molar-refractivity contribution in [1.29, 1.82) is 0 Å². The maximum atomic E-state index is 12.7. The molecule has 3 heteroatoms. The third kappa shape index (κ3) is 3.55. The summed E-state index contributed by atoms with van der Waals surface area (Å²) in [6.07, 6.45) is 7.68. The first-order valence-electron chi connectivity index (χ1n) is 8.59. The van der Waals surface area contributed by atoms with Gasteiger partial charge in [-0.05, 0) is 37.0 Å². The van der Waals surface area contributed by atoms with Crippen molar-refractivity contribution in [1.82, 2.24) is 10.2 Å². The van der Waals surface area contributed by atoms with Crippen LogP contribution in [0.25, 0.3) is 0 Å². The van der Waals surface area contributed by atoms with E-state index in [0.29, 0.717) is 29.8 Å². The second-order valence-corrected chi connectivity index (χ2v) is 7.34. The third-order valence-electron chi connectivity index (χ3n) is 5.05. The minimum atomic E-state index is 0.0599. The van der Waals surface area contributed by atoms with Crippen LogP contribution < -0.4 is 5.32 Å². The van der Waals surface area contributed by atoms with E-state index in [9.17, 15) is 4.79 Å². The molecule has 0 aromatic carbocycles. The van der Waals surface area contributed by atoms with Crippen LogP contribution in [-0.2, 0) is 4.79 Å². The lowest BCUT2D eigenvalue weighted by molar-refractivity contribution is -0.131. The van der Waals surface area contributed by atoms with Gasteiger partial charge in [0.05, 0.1) is 12.2 Å². The molecule has 1 saturated carbocycles. The van der Waals surface area contributed by atoms with E-state index in [4.69, 9.17) is 0 Å². The summed E-state index contributed by atoms with van der Waals surface area (Å²) in [7, 11) is 0. The lowest BCUT2D eigenvalue weighted by atomic mass is 10.0. The van der Waals surface area contributed by atoms with Crippen molar-refractivity contribution in [3.8, 4) is 0 Å². The lowest BCUT2D eigenvalue weighted by Crippen LogP contribution is -2.44. The Morgan fingerprint density at radius 3 is 2.45 bits per heavy atom. The van der Waals surface area contributed by atoms with E-state index in [0.717, 1.165) is 19.4 Å². The average Bonchev–Trinajstić information content (AvgIpc) is 3.01. The van der Waals surface area contributed by atoms with Crippen LogP contribution in [0.4, 0.5) is 0 Å². The van der Waals surface area contributed by atoms with E-state index in [-0.39, 0.29) is 6.04 Å². The number of hydrogen-bond acceptors (Lipinski definition) is 2. The second kappa shape index (κ2) is 6.93. The molecular formula is C17H32N2O. The number of carbonyl (C=O) groups excluding carboxylic acids is 1. The molecule has 2 aliphatic rings. The zero-order valence-corrected chi connectivity index (χ0v) is 13.7. The van der Waals surface area contributed by atoms with Gasteiger partial charge in [0, 0.05) is 6.54 Å². The highest BCUT2D eigenvalue weighted by Crippen LogP contribution is 2.33. The molecule has 0 bridgehead atoms. The van der Waals surface area contributed by atoms with E-state index >= 15 is 0 Å². The fraction of sp³-hybridized carbons (Fsp3) is 0.941. The van der Waals surface area contributed by atoms with Crippen molar-refractivity contribution in [2.24, 2.45) is 17.8 Å². The maximum Gasteiger partial charge on any atom is 0.241 e. The molecule has 3 nitrogen and oxygen atoms in total. The molecule has 1 heterocycles. The molecule has 2 rings (SSSR count). The van der Waals surface area contributed by atoms with Crippen LogP contribution >= 0.6 is 0 Å². The first kappa shape index (κ1) is 15.8. The summed E-state index contributed by atoms with van der Waals surface area (Å²) in [6.45, 7) is 9.81. The van der Waals surface area contributed by atoms with Crippen molar-refractivity contribution in [2.75, 3.05) is 6.54 Å². The molecule has 1 aliphatic heterocycles. The fourth-order valence-electron chi connectivity index (χ4n) is 3.68. The Kier molecular flexibility index (Phi) is 5.48. The molecule has 3 unspecified atom stereocenters. The first-order chi connectivity index (χ1) is 9.52. The molecule has 1 N–H and O–H groups in total. The number of amides is 1. The predicted octanol–water partition coefficient (Wildman–Crippen LogP) is 3.40. The van der Waals surface area contributed by atoms with E-state index in [1.165, 1.54) is 25.7 Å². The fourth-order valence-corrected chi connectivity index (χ4v) is 3.68. The Labute approximate surface area is 124 Å². The summed E-state index contributed by atoms with van der Waals surface area (Å²) in [6, 6.07) is 0.0599. The summed E-state index contributed by atoms with van der Waals surface area (Å²) >= 11 is 0. The van der Waals surface area contributed by atoms with Gasteiger partial charge in [-0.15, -0.1) is 0 Å². The molecule has 0 aromatic heterocycles. The molecule has 116 valence electrons. The van der Waals surface area contributed by atoms with Gasteiger partial charge in [0.1, 0.15) is 0 Å². The Morgan fingerprint density at radius 2 is 1.90 bits per heavy atom. The van der Waals surface area contributed by atoms with E-state index < -0.39 is 0 Å². The predicted molar refractivity (Wildman–Crippen MR) is 83.3 cm³/mol. The SMILES string of the molecule is CCC(C)CN1C(=O)C(CC(C)C)NC1C1CCCC1. The Morgan fingerprint density at radius 1 is 1.25 bits per heavy atom. The van der Waals surface area contributed by atoms with Crippen molar-refractivity contribution in [3.05, 3.63) is 0 Å². The molecule has 0 radical (unpaired) electrons. The topological polar surface area (TPSA) is 32.3 Å². The molecule has 1 aliphatic carbocycles. The van der Waals surface area contributed by atoms with Gasteiger partial charge in [0.25, 0.3) is 0 Å². The van der Waals surface area contributed by atoms with Crippen LogP contribution in [0, 0.1) is 17.8 Å². The highest BCUT2D eigenvalue weighted by molar-refractivity contribution is 5.84. The smallest absolute Gasteiger partial charge is 0.241 e. The van der Waals surface area contributed by atoms with E-state index in [2.05, 4.69) is 37.9 Å². The van der Waals surface area contributed by atoms with Crippen LogP contribution in [0.3, 0.4) is 0 Å². The van der Waals surface area contributed by atoms with E-state index in [1.807, 2.05) is 0 Å². The quantitative estimate of drug-likeness (QED) is 0.809. The monoisotopic (exact) mass is 280 g/mol. The molecule has 3 atom stereocenters. The Hall–Kier alpha value is -0.570. The zero-order valence-electron chi connectivity index (χ0n) is 13.7. The number of nitrogens with one attached hydrogen (secondary N) is 1. The van der Waals surface area contributed by atoms with Crippen LogP contribution in [-0.4, -0.2) is 29.6 Å². The number of rotatable bonds is 6. The molecule has 0 aromatic rings. The van der Waals surface area contributed by atoms with Crippen LogP contribution in [0.15, 0.2) is 0 Å². The number of nitrogens with zero attached hydrogens (tertiary/aromatic N) is 1. The third-order valence-corrected chi connectivity index (χ3v) is 5.05. The minimum absolute atomic E-state index is 0.0599. The van der Waals surface area contributed by atoms with Crippen LogP contribution in [0.5, 0.6) is 0 Å². The minimum Gasteiger partial charge on any atom is -0.325 e. The maximum absolute atomic E-state index is 12.7. The van der Waals surface area contributed by atoms with Crippen LogP contribution in [0.2, 0.25) is 0 Å². The zero-order chi connectivity index (χ0) is 14.7. The van der Waals surface area contributed by atoms with E-state index in [1.54, 1.807) is 0 Å². The summed E-state index contributed by atoms with van der Waals surface area (Å²) in [4.78, 5) is 14.9. The van der Waals surface area contributed by atoms with Gasteiger partial charge in [-0.2, -0.15) is 0 Å². The molecule has 20 heavy (non-hydrogen) atoms. The van der Waals surface area contributed by atoms with Crippen molar-refractivity contribution in [2.45, 2.75) is 78.4 Å². The Bertz CT molecular complexity index is 323. The average molecular weight is 280 g/mol. The number of carbonyl (C=O) groups is 1. The summed E-state index contributed by atoms with van der Waals surface area (Å²) in [5.74, 6) is 2.21. The largest absolute Gasteiger partial charge is 0.325 e. The first-order valence-corrected chi connectivity index (χ1v) is 8.59. The summed E-state index contributed by atoms with van der Waals surface area (Å²) in [5, 5.41) is 3.67. The lowest BCUT2D eigenvalue weighted by Gasteiger charge is -2.30. The van der Waals surface area contributed by atoms with Crippen molar-refractivity contribution >= 4 is 5.91 Å². The van der Waals surface area contributed by atoms with Crippen molar-refractivity contribution in [3.63, 3.8) is 0 Å². The second-order valence-electron chi connectivity index (χ2n) is 7.34. The highest BCUT2D eigenvalue weighted by atomic mass is 16.2.